The van der Waals surface area contributed by atoms with Gasteiger partial charge in [0.1, 0.15) is 12.4 Å². The SMILES string of the molecule is CC(C)CNCc1c(Cl)cccc1OCCn1cccn1. The van der Waals surface area contributed by atoms with E-state index in [2.05, 4.69) is 24.3 Å². The van der Waals surface area contributed by atoms with Crippen molar-refractivity contribution < 1.29 is 4.74 Å². The van der Waals surface area contributed by atoms with Gasteiger partial charge in [-0.3, -0.25) is 4.68 Å². The van der Waals surface area contributed by atoms with Crippen molar-refractivity contribution in [1.29, 1.82) is 0 Å². The zero-order valence-electron chi connectivity index (χ0n) is 12.6. The molecular weight excluding hydrogens is 286 g/mol. The number of halogens is 1. The lowest BCUT2D eigenvalue weighted by molar-refractivity contribution is 0.288. The zero-order chi connectivity index (χ0) is 15.1. The largest absolute Gasteiger partial charge is 0.491 e. The van der Waals surface area contributed by atoms with Crippen molar-refractivity contribution in [3.05, 3.63) is 47.2 Å². The molecule has 0 unspecified atom stereocenters. The fourth-order valence-electron chi connectivity index (χ4n) is 2.01. The molecule has 0 aliphatic heterocycles. The van der Waals surface area contributed by atoms with Crippen molar-refractivity contribution in [2.24, 2.45) is 5.92 Å². The van der Waals surface area contributed by atoms with Crippen molar-refractivity contribution in [3.8, 4) is 5.75 Å². The smallest absolute Gasteiger partial charge is 0.125 e. The molecule has 0 fully saturated rings. The van der Waals surface area contributed by atoms with Crippen LogP contribution in [0, 0.1) is 5.92 Å². The number of hydrogen-bond acceptors (Lipinski definition) is 3. The van der Waals surface area contributed by atoms with E-state index in [-0.39, 0.29) is 0 Å². The molecule has 0 saturated carbocycles. The van der Waals surface area contributed by atoms with Gasteiger partial charge < -0.3 is 10.1 Å². The van der Waals surface area contributed by atoms with Crippen LogP contribution in [0.15, 0.2) is 36.7 Å². The van der Waals surface area contributed by atoms with Crippen LogP contribution in [0.5, 0.6) is 5.75 Å². The third-order valence-electron chi connectivity index (χ3n) is 3.07. The average molecular weight is 308 g/mol. The molecule has 0 atom stereocenters. The lowest BCUT2D eigenvalue weighted by Gasteiger charge is -2.14. The van der Waals surface area contributed by atoms with Crippen LogP contribution < -0.4 is 10.1 Å². The highest BCUT2D eigenvalue weighted by molar-refractivity contribution is 6.31. The summed E-state index contributed by atoms with van der Waals surface area (Å²) in [5, 5.41) is 8.30. The molecule has 0 aliphatic carbocycles. The number of ether oxygens (including phenoxy) is 1. The predicted octanol–water partition coefficient (Wildman–Crippen LogP) is 3.36. The number of aromatic nitrogens is 2. The Kier molecular flexibility index (Phi) is 6.08. The van der Waals surface area contributed by atoms with Crippen LogP contribution in [0.25, 0.3) is 0 Å². The van der Waals surface area contributed by atoms with E-state index < -0.39 is 0 Å². The van der Waals surface area contributed by atoms with Crippen molar-refractivity contribution in [1.82, 2.24) is 15.1 Å². The third kappa shape index (κ3) is 5.06. The maximum absolute atomic E-state index is 6.29. The quantitative estimate of drug-likeness (QED) is 0.813. The minimum absolute atomic E-state index is 0.569. The first kappa shape index (κ1) is 15.9. The molecule has 2 rings (SSSR count). The topological polar surface area (TPSA) is 39.1 Å². The van der Waals surface area contributed by atoms with Crippen molar-refractivity contribution in [2.75, 3.05) is 13.2 Å². The van der Waals surface area contributed by atoms with Crippen molar-refractivity contribution in [2.45, 2.75) is 26.9 Å². The second-order valence-electron chi connectivity index (χ2n) is 5.36. The first-order valence-corrected chi connectivity index (χ1v) is 7.63. The van der Waals surface area contributed by atoms with Crippen LogP contribution in [0.1, 0.15) is 19.4 Å². The van der Waals surface area contributed by atoms with E-state index >= 15 is 0 Å². The Morgan fingerprint density at radius 1 is 1.33 bits per heavy atom. The van der Waals surface area contributed by atoms with Crippen molar-refractivity contribution in [3.63, 3.8) is 0 Å². The predicted molar refractivity (Wildman–Crippen MR) is 85.7 cm³/mol. The van der Waals surface area contributed by atoms with E-state index in [1.807, 2.05) is 35.1 Å². The van der Waals surface area contributed by atoms with Gasteiger partial charge in [-0.1, -0.05) is 31.5 Å². The van der Waals surface area contributed by atoms with Gasteiger partial charge in [-0.15, -0.1) is 0 Å². The van der Waals surface area contributed by atoms with E-state index in [1.54, 1.807) is 6.20 Å². The first-order chi connectivity index (χ1) is 10.2. The molecule has 2 aromatic rings. The molecule has 1 aromatic carbocycles. The van der Waals surface area contributed by atoms with Crippen LogP contribution in [0.4, 0.5) is 0 Å². The Morgan fingerprint density at radius 2 is 2.19 bits per heavy atom. The van der Waals surface area contributed by atoms with Crippen LogP contribution in [-0.4, -0.2) is 22.9 Å². The Hall–Kier alpha value is -1.52. The Labute approximate surface area is 131 Å². The van der Waals surface area contributed by atoms with Crippen LogP contribution in [0.3, 0.4) is 0 Å². The molecule has 4 nitrogen and oxygen atoms in total. The molecule has 21 heavy (non-hydrogen) atoms. The summed E-state index contributed by atoms with van der Waals surface area (Å²) in [6.07, 6.45) is 3.69. The molecule has 5 heteroatoms. The summed E-state index contributed by atoms with van der Waals surface area (Å²) < 4.78 is 7.71. The molecule has 0 spiro atoms. The summed E-state index contributed by atoms with van der Waals surface area (Å²) in [6, 6.07) is 7.67. The molecule has 1 aromatic heterocycles. The van der Waals surface area contributed by atoms with Gasteiger partial charge in [0, 0.05) is 29.5 Å². The van der Waals surface area contributed by atoms with Gasteiger partial charge in [-0.2, -0.15) is 5.10 Å². The molecule has 114 valence electrons. The van der Waals surface area contributed by atoms with E-state index in [0.717, 1.165) is 36.0 Å². The van der Waals surface area contributed by atoms with Gasteiger partial charge in [0.15, 0.2) is 0 Å². The molecule has 1 N–H and O–H groups in total. The summed E-state index contributed by atoms with van der Waals surface area (Å²) in [5.74, 6) is 1.45. The minimum atomic E-state index is 0.569. The van der Waals surface area contributed by atoms with E-state index in [0.29, 0.717) is 12.5 Å². The summed E-state index contributed by atoms with van der Waals surface area (Å²) in [5.41, 5.74) is 1.01. The lowest BCUT2D eigenvalue weighted by atomic mass is 10.1. The lowest BCUT2D eigenvalue weighted by Crippen LogP contribution is -2.20. The average Bonchev–Trinajstić information content (AvgIpc) is 2.94. The van der Waals surface area contributed by atoms with Crippen LogP contribution in [0.2, 0.25) is 5.02 Å². The highest BCUT2D eigenvalue weighted by Crippen LogP contribution is 2.26. The first-order valence-electron chi connectivity index (χ1n) is 7.25. The van der Waals surface area contributed by atoms with Gasteiger partial charge >= 0.3 is 0 Å². The van der Waals surface area contributed by atoms with Crippen molar-refractivity contribution >= 4 is 11.6 Å². The van der Waals surface area contributed by atoms with Crippen LogP contribution in [-0.2, 0) is 13.1 Å². The fraction of sp³-hybridized carbons (Fsp3) is 0.438. The number of benzene rings is 1. The maximum Gasteiger partial charge on any atom is 0.125 e. The molecule has 0 saturated heterocycles. The van der Waals surface area contributed by atoms with E-state index in [9.17, 15) is 0 Å². The van der Waals surface area contributed by atoms with Gasteiger partial charge in [-0.05, 0) is 30.7 Å². The van der Waals surface area contributed by atoms with Crippen LogP contribution >= 0.6 is 11.6 Å². The monoisotopic (exact) mass is 307 g/mol. The maximum atomic E-state index is 6.29. The Bertz CT molecular complexity index is 540. The molecular formula is C16H22ClN3O. The highest BCUT2D eigenvalue weighted by Gasteiger charge is 2.08. The summed E-state index contributed by atoms with van der Waals surface area (Å²) >= 11 is 6.29. The number of hydrogen-bond donors (Lipinski definition) is 1. The summed E-state index contributed by atoms with van der Waals surface area (Å²) in [4.78, 5) is 0. The van der Waals surface area contributed by atoms with Gasteiger partial charge in [0.05, 0.1) is 6.54 Å². The normalized spacial score (nSPS) is 11.0. The van der Waals surface area contributed by atoms with Gasteiger partial charge in [0.25, 0.3) is 0 Å². The third-order valence-corrected chi connectivity index (χ3v) is 3.42. The van der Waals surface area contributed by atoms with Gasteiger partial charge in [0.2, 0.25) is 0 Å². The zero-order valence-corrected chi connectivity index (χ0v) is 13.3. The number of rotatable bonds is 8. The number of nitrogens with zero attached hydrogens (tertiary/aromatic N) is 2. The summed E-state index contributed by atoms with van der Waals surface area (Å²) in [7, 11) is 0. The van der Waals surface area contributed by atoms with E-state index in [1.165, 1.54) is 0 Å². The standard InChI is InChI=1S/C16H22ClN3O/c1-13(2)11-18-12-14-15(17)5-3-6-16(14)21-10-9-20-8-4-7-19-20/h3-8,13,18H,9-12H2,1-2H3. The second-order valence-corrected chi connectivity index (χ2v) is 5.77. The summed E-state index contributed by atoms with van der Waals surface area (Å²) in [6.45, 7) is 7.33. The highest BCUT2D eigenvalue weighted by atomic mass is 35.5. The molecule has 1 heterocycles. The minimum Gasteiger partial charge on any atom is -0.491 e. The second kappa shape index (κ2) is 8.05. The van der Waals surface area contributed by atoms with Gasteiger partial charge in [-0.25, -0.2) is 0 Å². The fourth-order valence-corrected chi connectivity index (χ4v) is 2.25. The molecule has 0 aliphatic rings. The Morgan fingerprint density at radius 3 is 2.90 bits per heavy atom. The molecule has 0 bridgehead atoms. The molecule has 0 amide bonds. The molecule has 0 radical (unpaired) electrons. The Balaban J connectivity index is 1.92. The van der Waals surface area contributed by atoms with E-state index in [4.69, 9.17) is 16.3 Å². The number of nitrogens with one attached hydrogen (secondary N) is 1.